The van der Waals surface area contributed by atoms with E-state index in [-0.39, 0.29) is 5.43 Å². The molecule has 0 fully saturated rings. The van der Waals surface area contributed by atoms with Crippen LogP contribution < -0.4 is 5.43 Å². The Morgan fingerprint density at radius 3 is 2.50 bits per heavy atom. The standard InChI is InChI=1S/C12H10N2O2/c1-14-7-6-11(16)12(13-14)10-4-2-9(8-15)3-5-10/h2-8H,1H3. The fraction of sp³-hybridized carbons (Fsp3) is 0.0833. The molecule has 0 radical (unpaired) electrons. The molecule has 0 amide bonds. The summed E-state index contributed by atoms with van der Waals surface area (Å²) in [7, 11) is 1.75. The number of aryl methyl sites for hydroxylation is 1. The van der Waals surface area contributed by atoms with Gasteiger partial charge in [-0.1, -0.05) is 24.3 Å². The zero-order valence-electron chi connectivity index (χ0n) is 8.75. The third-order valence-electron chi connectivity index (χ3n) is 2.25. The molecule has 4 heteroatoms. The van der Waals surface area contributed by atoms with Gasteiger partial charge in [-0.3, -0.25) is 14.3 Å². The maximum absolute atomic E-state index is 11.6. The molecule has 2 rings (SSSR count). The van der Waals surface area contributed by atoms with Crippen molar-refractivity contribution in [3.63, 3.8) is 0 Å². The lowest BCUT2D eigenvalue weighted by atomic mass is 10.1. The lowest BCUT2D eigenvalue weighted by Gasteiger charge is -2.02. The number of nitrogens with zero attached hydrogens (tertiary/aromatic N) is 2. The van der Waals surface area contributed by atoms with E-state index in [4.69, 9.17) is 0 Å². The average molecular weight is 214 g/mol. The lowest BCUT2D eigenvalue weighted by Crippen LogP contribution is -2.11. The molecule has 0 bridgehead atoms. The first-order valence-electron chi connectivity index (χ1n) is 4.80. The topological polar surface area (TPSA) is 52.0 Å². The van der Waals surface area contributed by atoms with Gasteiger partial charge in [0, 0.05) is 30.4 Å². The van der Waals surface area contributed by atoms with Gasteiger partial charge in [0.15, 0.2) is 0 Å². The van der Waals surface area contributed by atoms with E-state index in [1.807, 2.05) is 0 Å². The van der Waals surface area contributed by atoms with Gasteiger partial charge < -0.3 is 0 Å². The van der Waals surface area contributed by atoms with Crippen LogP contribution in [0.5, 0.6) is 0 Å². The van der Waals surface area contributed by atoms with Crippen molar-refractivity contribution in [2.75, 3.05) is 0 Å². The van der Waals surface area contributed by atoms with E-state index < -0.39 is 0 Å². The van der Waals surface area contributed by atoms with E-state index in [9.17, 15) is 9.59 Å². The summed E-state index contributed by atoms with van der Waals surface area (Å²) in [5.41, 5.74) is 1.56. The van der Waals surface area contributed by atoms with E-state index in [1.54, 1.807) is 42.2 Å². The lowest BCUT2D eigenvalue weighted by molar-refractivity contribution is 0.112. The molecule has 2 aromatic rings. The Kier molecular flexibility index (Phi) is 2.64. The normalized spacial score (nSPS) is 10.1. The first-order chi connectivity index (χ1) is 7.70. The Morgan fingerprint density at radius 1 is 1.19 bits per heavy atom. The molecule has 1 heterocycles. The summed E-state index contributed by atoms with van der Waals surface area (Å²) in [4.78, 5) is 22.1. The van der Waals surface area contributed by atoms with Crippen molar-refractivity contribution in [3.8, 4) is 11.3 Å². The zero-order chi connectivity index (χ0) is 11.5. The second kappa shape index (κ2) is 4.10. The summed E-state index contributed by atoms with van der Waals surface area (Å²) in [6.45, 7) is 0. The SMILES string of the molecule is Cn1ccc(=O)c(-c2ccc(C=O)cc2)n1. The van der Waals surface area contributed by atoms with Gasteiger partial charge in [-0.2, -0.15) is 5.10 Å². The van der Waals surface area contributed by atoms with Gasteiger partial charge in [-0.25, -0.2) is 0 Å². The second-order valence-corrected chi connectivity index (χ2v) is 3.44. The summed E-state index contributed by atoms with van der Waals surface area (Å²) in [6, 6.07) is 8.23. The predicted molar refractivity (Wildman–Crippen MR) is 60.3 cm³/mol. The first-order valence-corrected chi connectivity index (χ1v) is 4.80. The summed E-state index contributed by atoms with van der Waals surface area (Å²) in [5.74, 6) is 0. The van der Waals surface area contributed by atoms with E-state index in [0.717, 1.165) is 6.29 Å². The third-order valence-corrected chi connectivity index (χ3v) is 2.25. The number of hydrogen-bond acceptors (Lipinski definition) is 3. The van der Waals surface area contributed by atoms with Crippen molar-refractivity contribution in [3.05, 3.63) is 52.3 Å². The van der Waals surface area contributed by atoms with E-state index in [0.29, 0.717) is 16.8 Å². The van der Waals surface area contributed by atoms with Crippen LogP contribution in [0.25, 0.3) is 11.3 Å². The molecule has 1 aromatic heterocycles. The second-order valence-electron chi connectivity index (χ2n) is 3.44. The van der Waals surface area contributed by atoms with Gasteiger partial charge in [0.2, 0.25) is 5.43 Å². The summed E-state index contributed by atoms with van der Waals surface area (Å²) < 4.78 is 1.57. The van der Waals surface area contributed by atoms with E-state index in [2.05, 4.69) is 5.10 Å². The molecule has 0 aliphatic rings. The molecule has 1 aromatic carbocycles. The molecule has 4 nitrogen and oxygen atoms in total. The van der Waals surface area contributed by atoms with Crippen LogP contribution in [0.1, 0.15) is 10.4 Å². The monoisotopic (exact) mass is 214 g/mol. The van der Waals surface area contributed by atoms with Crippen molar-refractivity contribution in [2.45, 2.75) is 0 Å². The van der Waals surface area contributed by atoms with Crippen molar-refractivity contribution < 1.29 is 4.79 Å². The molecule has 0 aliphatic heterocycles. The molecule has 80 valence electrons. The van der Waals surface area contributed by atoms with Crippen LogP contribution in [0.4, 0.5) is 0 Å². The maximum atomic E-state index is 11.6. The molecule has 0 saturated carbocycles. The maximum Gasteiger partial charge on any atom is 0.208 e. The molecule has 0 N–H and O–H groups in total. The van der Waals surface area contributed by atoms with Crippen LogP contribution in [0.15, 0.2) is 41.3 Å². The summed E-state index contributed by atoms with van der Waals surface area (Å²) >= 11 is 0. The molecule has 0 unspecified atom stereocenters. The fourth-order valence-electron chi connectivity index (χ4n) is 1.41. The highest BCUT2D eigenvalue weighted by atomic mass is 16.1. The summed E-state index contributed by atoms with van der Waals surface area (Å²) in [6.07, 6.45) is 2.37. The van der Waals surface area contributed by atoms with Crippen LogP contribution in [0.3, 0.4) is 0 Å². The highest BCUT2D eigenvalue weighted by Crippen LogP contribution is 2.12. The van der Waals surface area contributed by atoms with Crippen LogP contribution in [0.2, 0.25) is 0 Å². The molecular formula is C12H10N2O2. The van der Waals surface area contributed by atoms with Crippen molar-refractivity contribution in [1.82, 2.24) is 9.78 Å². The predicted octanol–water partition coefficient (Wildman–Crippen LogP) is 1.26. The van der Waals surface area contributed by atoms with Gasteiger partial charge in [0.05, 0.1) is 0 Å². The Morgan fingerprint density at radius 2 is 1.88 bits per heavy atom. The largest absolute Gasteiger partial charge is 0.298 e. The van der Waals surface area contributed by atoms with Gasteiger partial charge in [-0.15, -0.1) is 0 Å². The average Bonchev–Trinajstić information content (AvgIpc) is 2.32. The van der Waals surface area contributed by atoms with E-state index in [1.165, 1.54) is 6.07 Å². The number of aromatic nitrogens is 2. The quantitative estimate of drug-likeness (QED) is 0.707. The van der Waals surface area contributed by atoms with Gasteiger partial charge >= 0.3 is 0 Å². The number of hydrogen-bond donors (Lipinski definition) is 0. The highest BCUT2D eigenvalue weighted by molar-refractivity contribution is 5.76. The minimum absolute atomic E-state index is 0.128. The highest BCUT2D eigenvalue weighted by Gasteiger charge is 2.04. The van der Waals surface area contributed by atoms with E-state index >= 15 is 0 Å². The Bertz CT molecular complexity index is 570. The minimum atomic E-state index is -0.128. The molecule has 0 aliphatic carbocycles. The zero-order valence-corrected chi connectivity index (χ0v) is 8.75. The number of rotatable bonds is 2. The van der Waals surface area contributed by atoms with Gasteiger partial charge in [0.25, 0.3) is 0 Å². The first kappa shape index (κ1) is 10.3. The van der Waals surface area contributed by atoms with Crippen LogP contribution in [-0.4, -0.2) is 16.1 Å². The number of aldehydes is 1. The molecule has 0 saturated heterocycles. The molecule has 0 spiro atoms. The molecule has 16 heavy (non-hydrogen) atoms. The fourth-order valence-corrected chi connectivity index (χ4v) is 1.41. The number of carbonyl (C=O) groups excluding carboxylic acids is 1. The molecular weight excluding hydrogens is 204 g/mol. The van der Waals surface area contributed by atoms with Crippen LogP contribution in [-0.2, 0) is 7.05 Å². The van der Waals surface area contributed by atoms with Crippen LogP contribution in [0, 0.1) is 0 Å². The number of benzene rings is 1. The van der Waals surface area contributed by atoms with Crippen LogP contribution >= 0.6 is 0 Å². The molecule has 0 atom stereocenters. The minimum Gasteiger partial charge on any atom is -0.298 e. The third kappa shape index (κ3) is 1.91. The Labute approximate surface area is 92.2 Å². The van der Waals surface area contributed by atoms with Crippen molar-refractivity contribution in [2.24, 2.45) is 7.05 Å². The smallest absolute Gasteiger partial charge is 0.208 e. The Balaban J connectivity index is 2.54. The van der Waals surface area contributed by atoms with Gasteiger partial charge in [-0.05, 0) is 0 Å². The van der Waals surface area contributed by atoms with Crippen molar-refractivity contribution >= 4 is 6.29 Å². The number of carbonyl (C=O) groups is 1. The Hall–Kier alpha value is -2.23. The summed E-state index contributed by atoms with van der Waals surface area (Å²) in [5, 5.41) is 4.11. The van der Waals surface area contributed by atoms with Gasteiger partial charge in [0.1, 0.15) is 12.0 Å². The van der Waals surface area contributed by atoms with Crippen molar-refractivity contribution in [1.29, 1.82) is 0 Å².